The molecule has 0 radical (unpaired) electrons. The van der Waals surface area contributed by atoms with E-state index in [-0.39, 0.29) is 21.2 Å². The van der Waals surface area contributed by atoms with E-state index in [2.05, 4.69) is 5.32 Å². The van der Waals surface area contributed by atoms with Crippen LogP contribution in [0.5, 0.6) is 0 Å². The number of hydrogen-bond donors (Lipinski definition) is 2. The number of benzene rings is 2. The number of aryl methyl sites for hydroxylation is 2. The van der Waals surface area contributed by atoms with E-state index in [0.29, 0.717) is 5.69 Å². The van der Waals surface area contributed by atoms with Crippen molar-refractivity contribution in [2.75, 3.05) is 5.32 Å². The lowest BCUT2D eigenvalue weighted by atomic mass is 10.1. The topological polar surface area (TPSA) is 66.4 Å². The van der Waals surface area contributed by atoms with Gasteiger partial charge in [0, 0.05) is 5.69 Å². The number of carboxylic acids is 1. The van der Waals surface area contributed by atoms with E-state index in [4.69, 9.17) is 23.2 Å². The Labute approximate surface area is 137 Å². The number of carboxylic acid groups (broad SMARTS) is 1. The number of halogens is 2. The first-order chi connectivity index (χ1) is 10.3. The molecule has 2 aromatic rings. The Morgan fingerprint density at radius 3 is 2.18 bits per heavy atom. The first kappa shape index (κ1) is 16.3. The fraction of sp³-hybridized carbons (Fsp3) is 0.125. The molecule has 0 unspecified atom stereocenters. The Kier molecular flexibility index (Phi) is 4.74. The van der Waals surface area contributed by atoms with E-state index < -0.39 is 11.9 Å². The highest BCUT2D eigenvalue weighted by atomic mass is 35.5. The second kappa shape index (κ2) is 6.38. The summed E-state index contributed by atoms with van der Waals surface area (Å²) in [6.45, 7) is 3.75. The van der Waals surface area contributed by atoms with E-state index in [1.807, 2.05) is 32.0 Å². The molecule has 0 aliphatic rings. The molecule has 22 heavy (non-hydrogen) atoms. The zero-order chi connectivity index (χ0) is 16.4. The molecule has 0 saturated heterocycles. The van der Waals surface area contributed by atoms with Crippen molar-refractivity contribution in [1.82, 2.24) is 0 Å². The van der Waals surface area contributed by atoms with Crippen LogP contribution in [0.15, 0.2) is 30.3 Å². The largest absolute Gasteiger partial charge is 0.478 e. The lowest BCUT2D eigenvalue weighted by Gasteiger charge is -2.12. The summed E-state index contributed by atoms with van der Waals surface area (Å²) in [5, 5.41) is 12.1. The Bertz CT molecular complexity index is 772. The van der Waals surface area contributed by atoms with Gasteiger partial charge in [-0.2, -0.15) is 0 Å². The Morgan fingerprint density at radius 2 is 1.59 bits per heavy atom. The van der Waals surface area contributed by atoms with Gasteiger partial charge in [-0.15, -0.1) is 0 Å². The normalized spacial score (nSPS) is 10.4. The van der Waals surface area contributed by atoms with Crippen LogP contribution in [0.2, 0.25) is 10.0 Å². The molecule has 0 fully saturated rings. The van der Waals surface area contributed by atoms with Crippen molar-refractivity contribution in [1.29, 1.82) is 0 Å². The summed E-state index contributed by atoms with van der Waals surface area (Å²) in [5.74, 6) is -1.80. The summed E-state index contributed by atoms with van der Waals surface area (Å²) in [6.07, 6.45) is 0. The molecule has 0 bridgehead atoms. The van der Waals surface area contributed by atoms with Gasteiger partial charge in [0.1, 0.15) is 0 Å². The van der Waals surface area contributed by atoms with Crippen molar-refractivity contribution in [3.05, 3.63) is 62.6 Å². The molecule has 2 aromatic carbocycles. The molecule has 0 aromatic heterocycles. The quantitative estimate of drug-likeness (QED) is 0.862. The molecule has 6 heteroatoms. The first-order valence-electron chi connectivity index (χ1n) is 6.40. The highest BCUT2D eigenvalue weighted by molar-refractivity contribution is 6.42. The van der Waals surface area contributed by atoms with Crippen molar-refractivity contribution in [3.63, 3.8) is 0 Å². The predicted molar refractivity (Wildman–Crippen MR) is 87.3 cm³/mol. The van der Waals surface area contributed by atoms with Gasteiger partial charge in [-0.05, 0) is 43.2 Å². The lowest BCUT2D eigenvalue weighted by Crippen LogP contribution is -2.17. The van der Waals surface area contributed by atoms with Crippen LogP contribution < -0.4 is 5.32 Å². The molecule has 0 aliphatic heterocycles. The van der Waals surface area contributed by atoms with Gasteiger partial charge >= 0.3 is 5.97 Å². The van der Waals surface area contributed by atoms with Crippen molar-refractivity contribution >= 4 is 40.8 Å². The van der Waals surface area contributed by atoms with Crippen LogP contribution in [0.3, 0.4) is 0 Å². The number of hydrogen-bond acceptors (Lipinski definition) is 2. The molecule has 2 rings (SSSR count). The van der Waals surface area contributed by atoms with E-state index >= 15 is 0 Å². The number of carbonyl (C=O) groups is 2. The van der Waals surface area contributed by atoms with Crippen LogP contribution in [0.4, 0.5) is 5.69 Å². The molecule has 4 nitrogen and oxygen atoms in total. The second-order valence-electron chi connectivity index (χ2n) is 4.89. The van der Waals surface area contributed by atoms with E-state index in [1.54, 1.807) is 0 Å². The summed E-state index contributed by atoms with van der Waals surface area (Å²) in [4.78, 5) is 23.7. The number of aromatic carboxylic acids is 1. The van der Waals surface area contributed by atoms with Crippen molar-refractivity contribution in [2.45, 2.75) is 13.8 Å². The molecule has 114 valence electrons. The third-order valence-electron chi connectivity index (χ3n) is 3.18. The van der Waals surface area contributed by atoms with Crippen LogP contribution in [0.1, 0.15) is 31.8 Å². The van der Waals surface area contributed by atoms with Gasteiger partial charge in [-0.25, -0.2) is 4.79 Å². The van der Waals surface area contributed by atoms with Crippen LogP contribution in [0.25, 0.3) is 0 Å². The zero-order valence-electron chi connectivity index (χ0n) is 11.9. The van der Waals surface area contributed by atoms with Crippen LogP contribution in [-0.2, 0) is 0 Å². The monoisotopic (exact) mass is 337 g/mol. The SMILES string of the molecule is Cc1ccc(C)c(NC(=O)c2cc(Cl)c(Cl)cc2C(=O)O)c1. The number of amides is 1. The minimum Gasteiger partial charge on any atom is -0.478 e. The minimum atomic E-state index is -1.25. The van der Waals surface area contributed by atoms with Gasteiger partial charge in [0.15, 0.2) is 0 Å². The fourth-order valence-corrected chi connectivity index (χ4v) is 2.30. The smallest absolute Gasteiger partial charge is 0.336 e. The van der Waals surface area contributed by atoms with Crippen molar-refractivity contribution in [3.8, 4) is 0 Å². The van der Waals surface area contributed by atoms with Gasteiger partial charge in [-0.1, -0.05) is 35.3 Å². The molecule has 0 atom stereocenters. The molecule has 0 saturated carbocycles. The predicted octanol–water partition coefficient (Wildman–Crippen LogP) is 4.56. The molecule has 0 heterocycles. The number of rotatable bonds is 3. The first-order valence-corrected chi connectivity index (χ1v) is 7.16. The van der Waals surface area contributed by atoms with E-state index in [0.717, 1.165) is 11.1 Å². The Morgan fingerprint density at radius 1 is 1.00 bits per heavy atom. The van der Waals surface area contributed by atoms with Gasteiger partial charge < -0.3 is 10.4 Å². The third-order valence-corrected chi connectivity index (χ3v) is 3.90. The molecule has 0 aliphatic carbocycles. The van der Waals surface area contributed by atoms with Gasteiger partial charge in [0.2, 0.25) is 0 Å². The standard InChI is InChI=1S/C16H13Cl2NO3/c1-8-3-4-9(2)14(5-8)19-15(20)10-6-12(17)13(18)7-11(10)16(21)22/h3-7H,1-2H3,(H,19,20)(H,21,22). The van der Waals surface area contributed by atoms with Gasteiger partial charge in [-0.3, -0.25) is 4.79 Å². The van der Waals surface area contributed by atoms with Gasteiger partial charge in [0.25, 0.3) is 5.91 Å². The lowest BCUT2D eigenvalue weighted by molar-refractivity contribution is 0.0692. The van der Waals surface area contributed by atoms with E-state index in [9.17, 15) is 14.7 Å². The number of nitrogens with one attached hydrogen (secondary N) is 1. The van der Waals surface area contributed by atoms with Crippen molar-refractivity contribution < 1.29 is 14.7 Å². The van der Waals surface area contributed by atoms with E-state index in [1.165, 1.54) is 12.1 Å². The highest BCUT2D eigenvalue weighted by Gasteiger charge is 2.19. The molecular formula is C16H13Cl2NO3. The molecule has 0 spiro atoms. The van der Waals surface area contributed by atoms with Crippen LogP contribution in [0, 0.1) is 13.8 Å². The third kappa shape index (κ3) is 3.40. The summed E-state index contributed by atoms with van der Waals surface area (Å²) in [5.41, 5.74) is 2.23. The maximum atomic E-state index is 12.4. The minimum absolute atomic E-state index is 0.0391. The summed E-state index contributed by atoms with van der Waals surface area (Å²) in [7, 11) is 0. The maximum absolute atomic E-state index is 12.4. The average Bonchev–Trinajstić information content (AvgIpc) is 2.45. The second-order valence-corrected chi connectivity index (χ2v) is 5.70. The molecular weight excluding hydrogens is 325 g/mol. The molecule has 1 amide bonds. The fourth-order valence-electron chi connectivity index (χ4n) is 1.97. The van der Waals surface area contributed by atoms with Gasteiger partial charge in [0.05, 0.1) is 21.2 Å². The average molecular weight is 338 g/mol. The van der Waals surface area contributed by atoms with Crippen molar-refractivity contribution in [2.24, 2.45) is 0 Å². The summed E-state index contributed by atoms with van der Waals surface area (Å²) >= 11 is 11.7. The number of anilines is 1. The molecule has 2 N–H and O–H groups in total. The Balaban J connectivity index is 2.43. The zero-order valence-corrected chi connectivity index (χ0v) is 13.4. The Hall–Kier alpha value is -2.04. The number of carbonyl (C=O) groups excluding carboxylic acids is 1. The summed E-state index contributed by atoms with van der Waals surface area (Å²) < 4.78 is 0. The van der Waals surface area contributed by atoms with Crippen LogP contribution in [-0.4, -0.2) is 17.0 Å². The van der Waals surface area contributed by atoms with Crippen LogP contribution >= 0.6 is 23.2 Å². The summed E-state index contributed by atoms with van der Waals surface area (Å²) in [6, 6.07) is 8.04. The highest BCUT2D eigenvalue weighted by Crippen LogP contribution is 2.27. The maximum Gasteiger partial charge on any atom is 0.336 e.